The summed E-state index contributed by atoms with van der Waals surface area (Å²) in [5.41, 5.74) is -4.15. The molecule has 0 aromatic heterocycles. The van der Waals surface area contributed by atoms with Crippen molar-refractivity contribution in [3.63, 3.8) is 0 Å². The Morgan fingerprint density at radius 3 is 1.54 bits per heavy atom. The molecule has 68 heavy (non-hydrogen) atoms. The third-order valence-electron chi connectivity index (χ3n) is 10.6. The highest BCUT2D eigenvalue weighted by molar-refractivity contribution is 5.98. The maximum absolute atomic E-state index is 14.5. The van der Waals surface area contributed by atoms with Crippen LogP contribution < -0.4 is 4.74 Å². The lowest BCUT2D eigenvalue weighted by atomic mass is 9.76. The Kier molecular flexibility index (Phi) is 12.2. The first kappa shape index (κ1) is 46.9. The Bertz CT molecular complexity index is 2750. The second-order valence-corrected chi connectivity index (χ2v) is 14.9. The van der Waals surface area contributed by atoms with Crippen LogP contribution in [0.3, 0.4) is 0 Å². The van der Waals surface area contributed by atoms with Gasteiger partial charge in [-0.05, 0) is 42.5 Å². The summed E-state index contributed by atoms with van der Waals surface area (Å²) in [4.78, 5) is 95.4. The third kappa shape index (κ3) is 8.58. The third-order valence-corrected chi connectivity index (χ3v) is 10.6. The zero-order valence-electron chi connectivity index (χ0n) is 33.6. The quantitative estimate of drug-likeness (QED) is 0.0455. The van der Waals surface area contributed by atoms with Gasteiger partial charge in [0.15, 0.2) is 81.6 Å². The van der Waals surface area contributed by atoms with Crippen LogP contribution >= 0.6 is 0 Å². The molecule has 1 unspecified atom stereocenters. The number of benzene rings is 4. The Labute approximate surface area is 375 Å². The fraction of sp³-hybridized carbons (Fsp3) is 0.244. The van der Waals surface area contributed by atoms with Crippen LogP contribution in [0.4, 0.5) is 0 Å². The van der Waals surface area contributed by atoms with E-state index in [4.69, 9.17) is 33.2 Å². The summed E-state index contributed by atoms with van der Waals surface area (Å²) in [5.74, 6) is -29.8. The fourth-order valence-corrected chi connectivity index (χ4v) is 7.37. The number of aliphatic hydroxyl groups excluding tert-OH is 1. The highest BCUT2D eigenvalue weighted by atomic mass is 16.7. The fourth-order valence-electron chi connectivity index (χ4n) is 7.37. The second-order valence-electron chi connectivity index (χ2n) is 14.9. The molecule has 358 valence electrons. The number of aliphatic hydroxyl groups is 1. The van der Waals surface area contributed by atoms with E-state index in [1.165, 1.54) is 0 Å². The molecule has 8 atom stereocenters. The van der Waals surface area contributed by atoms with Crippen molar-refractivity contribution in [1.82, 2.24) is 0 Å². The predicted octanol–water partition coefficient (Wildman–Crippen LogP) is 0.0179. The van der Waals surface area contributed by atoms with Gasteiger partial charge in [0.1, 0.15) is 12.7 Å². The molecule has 4 aromatic rings. The largest absolute Gasteiger partial charge is 0.504 e. The molecule has 27 heteroatoms. The van der Waals surface area contributed by atoms with Crippen LogP contribution in [-0.4, -0.2) is 152 Å². The van der Waals surface area contributed by atoms with E-state index >= 15 is 0 Å². The van der Waals surface area contributed by atoms with Crippen molar-refractivity contribution >= 4 is 41.8 Å². The van der Waals surface area contributed by atoms with E-state index in [0.717, 1.165) is 0 Å². The van der Waals surface area contributed by atoms with Gasteiger partial charge in [0.05, 0.1) is 34.6 Å². The molecule has 3 aliphatic heterocycles. The number of phenolic OH excluding ortho intramolecular Hbond substituents is 11. The molecule has 0 amide bonds. The number of carbonyl (C=O) groups excluding carboxylic acids is 6. The van der Waals surface area contributed by atoms with Gasteiger partial charge < -0.3 is 99.5 Å². The van der Waals surface area contributed by atoms with Crippen LogP contribution in [0.25, 0.3) is 0 Å². The summed E-state index contributed by atoms with van der Waals surface area (Å²) in [6.07, 6.45) is -16.3. The van der Waals surface area contributed by atoms with E-state index in [-0.39, 0.29) is 0 Å². The average molecular weight is 957 g/mol. The van der Waals surface area contributed by atoms with E-state index in [1.807, 2.05) is 0 Å². The summed E-state index contributed by atoms with van der Waals surface area (Å²) in [6.45, 7) is -1.28. The molecule has 7 rings (SSSR count). The van der Waals surface area contributed by atoms with Gasteiger partial charge in [-0.15, -0.1) is 0 Å². The number of hydrogen-bond acceptors (Lipinski definition) is 26. The van der Waals surface area contributed by atoms with Crippen molar-refractivity contribution in [2.24, 2.45) is 5.92 Å². The van der Waals surface area contributed by atoms with Crippen molar-refractivity contribution in [1.29, 1.82) is 0 Å². The highest BCUT2D eigenvalue weighted by Crippen LogP contribution is 2.51. The number of carboxylic acid groups (broad SMARTS) is 1. The van der Waals surface area contributed by atoms with Gasteiger partial charge in [-0.2, -0.15) is 0 Å². The highest BCUT2D eigenvalue weighted by Gasteiger charge is 2.57. The van der Waals surface area contributed by atoms with Gasteiger partial charge in [-0.3, -0.25) is 9.59 Å². The summed E-state index contributed by atoms with van der Waals surface area (Å²) in [6, 6.07) is 3.84. The number of ether oxygens (including phenoxy) is 7. The first-order valence-electron chi connectivity index (χ1n) is 19.1. The Morgan fingerprint density at radius 2 is 1.04 bits per heavy atom. The summed E-state index contributed by atoms with van der Waals surface area (Å²) >= 11 is 0. The second kappa shape index (κ2) is 17.7. The number of aromatic hydroxyl groups is 11. The van der Waals surface area contributed by atoms with Gasteiger partial charge >= 0.3 is 41.8 Å². The lowest BCUT2D eigenvalue weighted by Gasteiger charge is -2.44. The molecule has 27 nitrogen and oxygen atoms in total. The molecule has 0 aliphatic carbocycles. The van der Waals surface area contributed by atoms with E-state index in [9.17, 15) is 99.9 Å². The van der Waals surface area contributed by atoms with Crippen molar-refractivity contribution in [3.05, 3.63) is 70.3 Å². The minimum atomic E-state index is -2.57. The molecular weight excluding hydrogens is 924 g/mol. The summed E-state index contributed by atoms with van der Waals surface area (Å²) < 4.78 is 38.6. The van der Waals surface area contributed by atoms with E-state index in [2.05, 4.69) is 0 Å². The van der Waals surface area contributed by atoms with Crippen LogP contribution in [0.1, 0.15) is 59.3 Å². The lowest BCUT2D eigenvalue weighted by molar-refractivity contribution is -0.287. The van der Waals surface area contributed by atoms with E-state index in [0.29, 0.717) is 42.5 Å². The maximum Gasteiger partial charge on any atom is 0.341 e. The topological polar surface area (TPSA) is 447 Å². The van der Waals surface area contributed by atoms with Crippen molar-refractivity contribution in [3.8, 4) is 69.0 Å². The summed E-state index contributed by atoms with van der Waals surface area (Å²) in [5, 5.41) is 133. The molecule has 4 aromatic carbocycles. The van der Waals surface area contributed by atoms with Gasteiger partial charge in [-0.1, -0.05) is 0 Å². The first-order valence-corrected chi connectivity index (χ1v) is 19.1. The zero-order valence-corrected chi connectivity index (χ0v) is 33.6. The normalized spacial score (nSPS) is 23.0. The summed E-state index contributed by atoms with van der Waals surface area (Å²) in [7, 11) is 0. The molecule has 13 N–H and O–H groups in total. The lowest BCUT2D eigenvalue weighted by Crippen LogP contribution is -2.63. The van der Waals surface area contributed by atoms with Gasteiger partial charge in [0.25, 0.3) is 0 Å². The predicted molar refractivity (Wildman–Crippen MR) is 207 cm³/mol. The van der Waals surface area contributed by atoms with Crippen LogP contribution in [0.2, 0.25) is 0 Å². The maximum atomic E-state index is 14.5. The zero-order chi connectivity index (χ0) is 49.8. The number of carbonyl (C=O) groups is 7. The van der Waals surface area contributed by atoms with Crippen LogP contribution in [0.15, 0.2) is 42.5 Å². The monoisotopic (exact) mass is 956 g/mol. The number of hydrogen-bond donors (Lipinski definition) is 13. The molecule has 0 saturated carbocycles. The van der Waals surface area contributed by atoms with Gasteiger partial charge in [0.2, 0.25) is 18.1 Å². The van der Waals surface area contributed by atoms with Crippen LogP contribution in [0, 0.1) is 5.92 Å². The first-order chi connectivity index (χ1) is 32.0. The molecule has 3 heterocycles. The van der Waals surface area contributed by atoms with Crippen molar-refractivity contribution in [2.45, 2.75) is 49.1 Å². The Morgan fingerprint density at radius 1 is 0.574 bits per heavy atom. The number of aliphatic carboxylic acids is 1. The van der Waals surface area contributed by atoms with Gasteiger partial charge in [0, 0.05) is 11.5 Å². The number of rotatable bonds is 9. The Hall–Kier alpha value is -9.11. The number of fused-ring (bicyclic) bond motifs is 2. The minimum absolute atomic E-state index is 0.449. The smallest absolute Gasteiger partial charge is 0.341 e. The van der Waals surface area contributed by atoms with Crippen molar-refractivity contribution < 1.29 is 133 Å². The SMILES string of the molecule is O=C(O)C[C@@H]1C(=O)O[C@@H]2C(COC(=O)c3cc(O)c(O)c(O)c3)O[C@@H](OC(=O)c3cc(O)c(O)c(O)c3)[C@@H](OC(=O)c3cc(O)c(O)c4c3[C@H]1[C@H](O)C(=O)O4)[C@H]2OC(=O)c1cc(O)c(O)c(O)c1. The average Bonchev–Trinajstić information content (AvgIpc) is 3.28. The molecule has 2 bridgehead atoms. The minimum Gasteiger partial charge on any atom is -0.504 e. The van der Waals surface area contributed by atoms with E-state index < -0.39 is 200 Å². The van der Waals surface area contributed by atoms with Crippen molar-refractivity contribution in [2.75, 3.05) is 6.61 Å². The standard InChI is InChI=1S/C41H32O27/c42-15-1-10(2-16(43)26(15)51)35(56)62-9-22-31-33(66-36(57)11-3-17(44)27(52)18(45)4-11)34(41(63-22)68-37(58)12-5-19(46)28(53)20(47)6-12)67-38(59)13-7-21(48)29(54)32-25(13)24(30(55)40(61)65-32)14(8-23(49)50)39(60)64-31/h1-7,14,22,24,30-31,33-34,41-48,51-55H,8-9H2,(H,49,50)/t14-,22?,24-,30-,31+,33-,34-,41-/m0/s1. The molecule has 0 radical (unpaired) electrons. The Balaban J connectivity index is 1.44. The molecule has 1 fully saturated rings. The number of esters is 6. The van der Waals surface area contributed by atoms with E-state index in [1.54, 1.807) is 0 Å². The molecule has 1 saturated heterocycles. The number of phenols is 11. The van der Waals surface area contributed by atoms with Crippen LogP contribution in [-0.2, 0) is 42.8 Å². The molecular formula is C41H32O27. The molecule has 0 spiro atoms. The van der Waals surface area contributed by atoms with Crippen LogP contribution in [0.5, 0.6) is 69.0 Å². The number of carboxylic acids is 1. The molecule has 3 aliphatic rings. The van der Waals surface area contributed by atoms with Gasteiger partial charge in [-0.25, -0.2) is 24.0 Å².